The molecule has 0 bridgehead atoms. The molecule has 0 saturated heterocycles. The van der Waals surface area contributed by atoms with Gasteiger partial charge in [-0.05, 0) is 24.8 Å². The van der Waals surface area contributed by atoms with Gasteiger partial charge in [0.1, 0.15) is 12.6 Å². The van der Waals surface area contributed by atoms with E-state index in [2.05, 4.69) is 5.32 Å². The Kier molecular flexibility index (Phi) is 5.37. The van der Waals surface area contributed by atoms with Crippen LogP contribution in [0.2, 0.25) is 0 Å². The van der Waals surface area contributed by atoms with E-state index in [0.717, 1.165) is 24.8 Å². The number of allylic oxidation sites excluding steroid dienone is 1. The zero-order chi connectivity index (χ0) is 15.1. The second-order valence-electron chi connectivity index (χ2n) is 5.04. The smallest absolute Gasteiger partial charge is 0.408 e. The molecule has 112 valence electrons. The molecule has 5 heteroatoms. The maximum absolute atomic E-state index is 11.8. The summed E-state index contributed by atoms with van der Waals surface area (Å²) in [6.45, 7) is 0.125. The van der Waals surface area contributed by atoms with Crippen LogP contribution < -0.4 is 5.32 Å². The summed E-state index contributed by atoms with van der Waals surface area (Å²) in [7, 11) is 0. The monoisotopic (exact) mass is 289 g/mol. The number of benzene rings is 1. The van der Waals surface area contributed by atoms with Crippen molar-refractivity contribution in [2.45, 2.75) is 31.9 Å². The Morgan fingerprint density at radius 3 is 2.71 bits per heavy atom. The molecule has 0 radical (unpaired) electrons. The number of nitrogens with one attached hydrogen (secondary N) is 1. The highest BCUT2D eigenvalue weighted by molar-refractivity contribution is 5.80. The van der Waals surface area contributed by atoms with Crippen molar-refractivity contribution in [3.63, 3.8) is 0 Å². The fourth-order valence-electron chi connectivity index (χ4n) is 2.36. The van der Waals surface area contributed by atoms with Gasteiger partial charge in [-0.3, -0.25) is 0 Å². The number of carboxylic acids is 1. The Morgan fingerprint density at radius 2 is 2.10 bits per heavy atom. The van der Waals surface area contributed by atoms with Gasteiger partial charge in [0.25, 0.3) is 0 Å². The van der Waals surface area contributed by atoms with Crippen molar-refractivity contribution in [3.05, 3.63) is 48.0 Å². The molecule has 0 aromatic heterocycles. The van der Waals surface area contributed by atoms with E-state index < -0.39 is 18.1 Å². The summed E-state index contributed by atoms with van der Waals surface area (Å²) in [6.07, 6.45) is 5.77. The van der Waals surface area contributed by atoms with Gasteiger partial charge in [0.2, 0.25) is 0 Å². The fourth-order valence-corrected chi connectivity index (χ4v) is 2.36. The molecule has 0 aliphatic heterocycles. The number of aliphatic carboxylic acids is 1. The van der Waals surface area contributed by atoms with Gasteiger partial charge in [0.05, 0.1) is 0 Å². The summed E-state index contributed by atoms with van der Waals surface area (Å²) in [5.74, 6) is -1.22. The first-order valence-corrected chi connectivity index (χ1v) is 7.03. The number of hydrogen-bond donors (Lipinski definition) is 2. The van der Waals surface area contributed by atoms with Crippen LogP contribution in [0.4, 0.5) is 4.79 Å². The van der Waals surface area contributed by atoms with Gasteiger partial charge in [-0.15, -0.1) is 0 Å². The molecule has 1 aliphatic carbocycles. The molecule has 2 N–H and O–H groups in total. The Morgan fingerprint density at radius 1 is 1.33 bits per heavy atom. The first kappa shape index (κ1) is 15.1. The second-order valence-corrected chi connectivity index (χ2v) is 5.04. The highest BCUT2D eigenvalue weighted by Crippen LogP contribution is 2.20. The molecule has 1 aromatic rings. The summed E-state index contributed by atoms with van der Waals surface area (Å²) >= 11 is 0. The molecule has 0 saturated carbocycles. The minimum Gasteiger partial charge on any atom is -0.480 e. The first-order chi connectivity index (χ1) is 10.2. The van der Waals surface area contributed by atoms with Crippen molar-refractivity contribution in [2.75, 3.05) is 0 Å². The number of carbonyl (C=O) groups is 2. The van der Waals surface area contributed by atoms with Crippen LogP contribution in [0.3, 0.4) is 0 Å². The lowest BCUT2D eigenvalue weighted by atomic mass is 9.89. The molecular weight excluding hydrogens is 270 g/mol. The van der Waals surface area contributed by atoms with Gasteiger partial charge in [-0.1, -0.05) is 42.5 Å². The van der Waals surface area contributed by atoms with Crippen LogP contribution in [0.25, 0.3) is 0 Å². The van der Waals surface area contributed by atoms with Crippen LogP contribution in [0.1, 0.15) is 24.8 Å². The highest BCUT2D eigenvalue weighted by atomic mass is 16.5. The molecule has 5 nitrogen and oxygen atoms in total. The van der Waals surface area contributed by atoms with E-state index in [0.29, 0.717) is 0 Å². The van der Waals surface area contributed by atoms with E-state index >= 15 is 0 Å². The van der Waals surface area contributed by atoms with Crippen molar-refractivity contribution in [3.8, 4) is 0 Å². The molecule has 0 heterocycles. The molecule has 2 unspecified atom stereocenters. The predicted octanol–water partition coefficient (Wildman–Crippen LogP) is 2.72. The number of amides is 1. The number of rotatable bonds is 5. The molecule has 0 spiro atoms. The van der Waals surface area contributed by atoms with Crippen LogP contribution in [-0.4, -0.2) is 23.2 Å². The van der Waals surface area contributed by atoms with Gasteiger partial charge in [-0.2, -0.15) is 0 Å². The average molecular weight is 289 g/mol. The van der Waals surface area contributed by atoms with E-state index in [4.69, 9.17) is 4.74 Å². The third kappa shape index (κ3) is 4.63. The summed E-state index contributed by atoms with van der Waals surface area (Å²) in [4.78, 5) is 23.1. The van der Waals surface area contributed by atoms with Crippen molar-refractivity contribution >= 4 is 12.1 Å². The summed E-state index contributed by atoms with van der Waals surface area (Å²) in [5, 5.41) is 11.7. The maximum atomic E-state index is 11.8. The molecule has 2 atom stereocenters. The van der Waals surface area contributed by atoms with Crippen LogP contribution in [-0.2, 0) is 16.1 Å². The molecule has 1 aliphatic rings. The van der Waals surface area contributed by atoms with Gasteiger partial charge in [-0.25, -0.2) is 9.59 Å². The Labute approximate surface area is 123 Å². The Bertz CT molecular complexity index is 512. The van der Waals surface area contributed by atoms with Gasteiger partial charge >= 0.3 is 12.1 Å². The average Bonchev–Trinajstić information content (AvgIpc) is 2.52. The number of ether oxygens (including phenoxy) is 1. The first-order valence-electron chi connectivity index (χ1n) is 7.03. The summed E-state index contributed by atoms with van der Waals surface area (Å²) in [5.41, 5.74) is 0.858. The van der Waals surface area contributed by atoms with Crippen molar-refractivity contribution in [1.82, 2.24) is 5.32 Å². The number of hydrogen-bond acceptors (Lipinski definition) is 3. The Balaban J connectivity index is 1.88. The minimum atomic E-state index is -1.04. The van der Waals surface area contributed by atoms with Crippen molar-refractivity contribution < 1.29 is 19.4 Å². The standard InChI is InChI=1S/C16H19NO4/c18-15(19)14(13-9-5-2-6-10-13)17-16(20)21-11-12-7-3-1-4-8-12/h1,3-5,7-9,13-14H,2,6,10-11H2,(H,17,20)(H,18,19). The topological polar surface area (TPSA) is 75.6 Å². The molecule has 1 amide bonds. The number of carboxylic acid groups (broad SMARTS) is 1. The van der Waals surface area contributed by atoms with Crippen LogP contribution in [0.5, 0.6) is 0 Å². The van der Waals surface area contributed by atoms with E-state index in [1.165, 1.54) is 0 Å². The largest absolute Gasteiger partial charge is 0.480 e. The number of alkyl carbamates (subject to hydrolysis) is 1. The van der Waals surface area contributed by atoms with Gasteiger partial charge in [0, 0.05) is 5.92 Å². The van der Waals surface area contributed by atoms with Crippen LogP contribution in [0, 0.1) is 5.92 Å². The predicted molar refractivity (Wildman–Crippen MR) is 77.7 cm³/mol. The second kappa shape index (κ2) is 7.47. The fraction of sp³-hybridized carbons (Fsp3) is 0.375. The Hall–Kier alpha value is -2.30. The third-order valence-electron chi connectivity index (χ3n) is 3.47. The van der Waals surface area contributed by atoms with Gasteiger partial charge < -0.3 is 15.2 Å². The normalized spacial score (nSPS) is 18.8. The van der Waals surface area contributed by atoms with Crippen LogP contribution >= 0.6 is 0 Å². The lowest BCUT2D eigenvalue weighted by molar-refractivity contribution is -0.140. The van der Waals surface area contributed by atoms with E-state index in [-0.39, 0.29) is 12.5 Å². The summed E-state index contributed by atoms with van der Waals surface area (Å²) in [6, 6.07) is 8.31. The lowest BCUT2D eigenvalue weighted by Crippen LogP contribution is -2.46. The van der Waals surface area contributed by atoms with Crippen LogP contribution in [0.15, 0.2) is 42.5 Å². The van der Waals surface area contributed by atoms with E-state index in [9.17, 15) is 14.7 Å². The molecule has 0 fully saturated rings. The minimum absolute atomic E-state index is 0.125. The SMILES string of the molecule is O=C(NC(C(=O)O)C1C=CCCC1)OCc1ccccc1. The highest BCUT2D eigenvalue weighted by Gasteiger charge is 2.29. The molecule has 21 heavy (non-hydrogen) atoms. The van der Waals surface area contributed by atoms with E-state index in [1.54, 1.807) is 0 Å². The quantitative estimate of drug-likeness (QED) is 0.817. The molecule has 2 rings (SSSR count). The van der Waals surface area contributed by atoms with Gasteiger partial charge in [0.15, 0.2) is 0 Å². The molecule has 1 aromatic carbocycles. The zero-order valence-electron chi connectivity index (χ0n) is 11.7. The lowest BCUT2D eigenvalue weighted by Gasteiger charge is -2.24. The summed E-state index contributed by atoms with van der Waals surface area (Å²) < 4.78 is 5.06. The zero-order valence-corrected chi connectivity index (χ0v) is 11.7. The number of carbonyl (C=O) groups excluding carboxylic acids is 1. The van der Waals surface area contributed by atoms with E-state index in [1.807, 2.05) is 42.5 Å². The van der Waals surface area contributed by atoms with Crippen molar-refractivity contribution in [1.29, 1.82) is 0 Å². The molecular formula is C16H19NO4. The van der Waals surface area contributed by atoms with Crippen molar-refractivity contribution in [2.24, 2.45) is 5.92 Å². The third-order valence-corrected chi connectivity index (χ3v) is 3.47. The maximum Gasteiger partial charge on any atom is 0.408 e.